The van der Waals surface area contributed by atoms with E-state index in [2.05, 4.69) is 92.1 Å². The van der Waals surface area contributed by atoms with Crippen LogP contribution in [0.1, 0.15) is 348 Å². The highest BCUT2D eigenvalue weighted by Gasteiger charge is 2.54. The van der Waals surface area contributed by atoms with Gasteiger partial charge in [-0.25, -0.2) is 0 Å². The van der Waals surface area contributed by atoms with Crippen molar-refractivity contribution in [1.29, 1.82) is 0 Å². The Morgan fingerprint density at radius 1 is 0.339 bits per heavy atom. The predicted octanol–water partition coefficient (Wildman–Crippen LogP) is 16.5. The summed E-state index contributed by atoms with van der Waals surface area (Å²) in [5, 5.41) is 121. The zero-order chi connectivity index (χ0) is 78.8. The minimum Gasteiger partial charge on any atom is -0.394 e. The van der Waals surface area contributed by atoms with Crippen molar-refractivity contribution in [3.63, 3.8) is 0 Å². The molecule has 3 aliphatic heterocycles. The van der Waals surface area contributed by atoms with Crippen molar-refractivity contribution in [3.8, 4) is 0 Å². The summed E-state index contributed by atoms with van der Waals surface area (Å²) in [5.74, 6) is -0.282. The van der Waals surface area contributed by atoms with Gasteiger partial charge >= 0.3 is 0 Å². The fourth-order valence-electron chi connectivity index (χ4n) is 14.7. The summed E-state index contributed by atoms with van der Waals surface area (Å²) >= 11 is 0. The molecule has 634 valence electrons. The molecule has 3 aliphatic rings. The van der Waals surface area contributed by atoms with Gasteiger partial charge in [0.05, 0.1) is 38.6 Å². The fourth-order valence-corrected chi connectivity index (χ4v) is 14.7. The summed E-state index contributed by atoms with van der Waals surface area (Å²) in [6, 6.07) is -0.996. The second-order valence-electron chi connectivity index (χ2n) is 31.3. The number of aliphatic hydroxyl groups excluding tert-OH is 11. The third-order valence-corrected chi connectivity index (χ3v) is 21.7. The molecule has 0 aromatic heterocycles. The fraction of sp³-hybridized carbons (Fsp3) is 0.833. The Bertz CT molecular complexity index is 2300. The van der Waals surface area contributed by atoms with E-state index in [9.17, 15) is 61.0 Å². The van der Waals surface area contributed by atoms with Crippen molar-refractivity contribution in [2.45, 2.75) is 452 Å². The standard InChI is InChI=1S/C90H161NO18/c1-3-5-7-9-11-13-15-17-19-21-23-25-27-29-31-33-35-36-38-40-42-44-46-48-50-52-54-56-58-60-62-64-66-68-78(96)91-73(74(95)67-65-63-61-59-57-55-53-51-49-47-45-43-41-39-37-34-32-30-28-26-24-22-20-18-16-14-12-10-8-6-4-2)72-104-88-84(102)81(99)86(76(70-93)106-88)109-90-85(103)82(100)87(77(71-94)107-90)108-89-83(101)80(98)79(97)75(69-92)105-89/h5,7,11,13,17,19,23,25,29,31,57,59,65,67,73-77,79-90,92-95,97-103H,3-4,6,8-10,12,14-16,18,20-22,24,26-28,30,32-56,58,60-64,66,68-72H2,1-2H3,(H,91,96)/b7-5-,13-11-,19-17-,25-23-,31-29-,59-57+,67-65+. The Labute approximate surface area is 661 Å². The van der Waals surface area contributed by atoms with Crippen LogP contribution in [0.25, 0.3) is 0 Å². The smallest absolute Gasteiger partial charge is 0.220 e. The molecular weight excluding hydrogens is 1380 g/mol. The van der Waals surface area contributed by atoms with Crippen LogP contribution in [-0.4, -0.2) is 193 Å². The van der Waals surface area contributed by atoms with Crippen molar-refractivity contribution in [2.24, 2.45) is 0 Å². The Morgan fingerprint density at radius 3 is 1.03 bits per heavy atom. The lowest BCUT2D eigenvalue weighted by Gasteiger charge is -2.48. The minimum atomic E-state index is -1.98. The summed E-state index contributed by atoms with van der Waals surface area (Å²) in [7, 11) is 0. The number of carbonyl (C=O) groups excluding carboxylic acids is 1. The number of nitrogens with one attached hydrogen (secondary N) is 1. The molecule has 0 saturated carbocycles. The van der Waals surface area contributed by atoms with Crippen LogP contribution >= 0.6 is 0 Å². The van der Waals surface area contributed by atoms with Gasteiger partial charge in [0.25, 0.3) is 0 Å². The third kappa shape index (κ3) is 48.2. The number of amides is 1. The van der Waals surface area contributed by atoms with Crippen LogP contribution < -0.4 is 5.32 Å². The summed E-state index contributed by atoms with van der Waals surface area (Å²) in [5.41, 5.74) is 0. The lowest BCUT2D eigenvalue weighted by atomic mass is 9.96. The van der Waals surface area contributed by atoms with Gasteiger partial charge in [-0.05, 0) is 77.0 Å². The number of hydrogen-bond donors (Lipinski definition) is 12. The van der Waals surface area contributed by atoms with Crippen molar-refractivity contribution in [3.05, 3.63) is 85.1 Å². The highest BCUT2D eigenvalue weighted by Crippen LogP contribution is 2.33. The largest absolute Gasteiger partial charge is 0.394 e. The summed E-state index contributed by atoms with van der Waals surface area (Å²) in [6.45, 7) is 1.65. The molecule has 19 heteroatoms. The van der Waals surface area contributed by atoms with E-state index in [1.165, 1.54) is 244 Å². The monoisotopic (exact) mass is 1540 g/mol. The molecule has 3 fully saturated rings. The number of aliphatic hydroxyl groups is 11. The van der Waals surface area contributed by atoms with Crippen molar-refractivity contribution < 1.29 is 89.4 Å². The average Bonchev–Trinajstić information content (AvgIpc) is 0.782. The van der Waals surface area contributed by atoms with E-state index in [0.717, 1.165) is 70.6 Å². The van der Waals surface area contributed by atoms with Gasteiger partial charge in [0.2, 0.25) is 5.91 Å². The molecule has 0 aliphatic carbocycles. The molecule has 109 heavy (non-hydrogen) atoms. The lowest BCUT2D eigenvalue weighted by molar-refractivity contribution is -0.379. The topological polar surface area (TPSA) is 307 Å². The molecule has 17 unspecified atom stereocenters. The molecule has 17 atom stereocenters. The van der Waals surface area contributed by atoms with E-state index < -0.39 is 124 Å². The molecule has 3 heterocycles. The van der Waals surface area contributed by atoms with Gasteiger partial charge in [0.15, 0.2) is 18.9 Å². The van der Waals surface area contributed by atoms with Gasteiger partial charge < -0.3 is 89.9 Å². The minimum absolute atomic E-state index is 0.234. The van der Waals surface area contributed by atoms with Gasteiger partial charge in [-0.2, -0.15) is 0 Å². The van der Waals surface area contributed by atoms with Crippen molar-refractivity contribution in [1.82, 2.24) is 5.32 Å². The van der Waals surface area contributed by atoms with Crippen LogP contribution in [0.2, 0.25) is 0 Å². The molecule has 0 aromatic carbocycles. The average molecular weight is 1550 g/mol. The number of hydrogen-bond acceptors (Lipinski definition) is 18. The number of ether oxygens (including phenoxy) is 6. The lowest BCUT2D eigenvalue weighted by Crippen LogP contribution is -2.66. The molecule has 0 bridgehead atoms. The number of allylic oxidation sites excluding steroid dienone is 13. The van der Waals surface area contributed by atoms with Gasteiger partial charge in [-0.1, -0.05) is 349 Å². The maximum absolute atomic E-state index is 13.5. The molecular formula is C90H161NO18. The molecule has 19 nitrogen and oxygen atoms in total. The molecule has 0 aromatic rings. The zero-order valence-corrected chi connectivity index (χ0v) is 68.3. The first-order valence-corrected chi connectivity index (χ1v) is 44.3. The highest BCUT2D eigenvalue weighted by atomic mass is 16.8. The van der Waals surface area contributed by atoms with E-state index in [-0.39, 0.29) is 18.9 Å². The molecule has 3 saturated heterocycles. The summed E-state index contributed by atoms with van der Waals surface area (Å²) in [4.78, 5) is 13.5. The molecule has 12 N–H and O–H groups in total. The van der Waals surface area contributed by atoms with E-state index in [0.29, 0.717) is 12.8 Å². The molecule has 0 spiro atoms. The Morgan fingerprint density at radius 2 is 0.642 bits per heavy atom. The van der Waals surface area contributed by atoms with Crippen LogP contribution in [0, 0.1) is 0 Å². The second kappa shape index (κ2) is 69.3. The van der Waals surface area contributed by atoms with Crippen LogP contribution in [0.5, 0.6) is 0 Å². The number of unbranched alkanes of at least 4 members (excludes halogenated alkanes) is 43. The Hall–Kier alpha value is -3.03. The first-order valence-electron chi connectivity index (χ1n) is 44.3. The Balaban J connectivity index is 1.35. The third-order valence-electron chi connectivity index (χ3n) is 21.7. The van der Waals surface area contributed by atoms with Crippen LogP contribution in [0.3, 0.4) is 0 Å². The van der Waals surface area contributed by atoms with Crippen LogP contribution in [0.15, 0.2) is 85.1 Å². The Kier molecular flexibility index (Phi) is 63.7. The van der Waals surface area contributed by atoms with Gasteiger partial charge in [0, 0.05) is 6.42 Å². The SMILES string of the molecule is CC/C=C\C/C=C\C/C=C\C/C=C\C/C=C\CCCCCCCCCCCCCCCCCCCC(=O)NC(COC1OC(CO)C(OC2OC(CO)C(OC3OC(CO)C(O)C(O)C3O)C(O)C2O)C(O)C1O)C(O)/C=C/CC/C=C/CCCCCCCCCCCCCCCCCCCCCCCCCCC. The summed E-state index contributed by atoms with van der Waals surface area (Å²) in [6.07, 6.45) is 67.3. The molecule has 1 amide bonds. The van der Waals surface area contributed by atoms with Gasteiger partial charge in [-0.15, -0.1) is 0 Å². The number of carbonyl (C=O) groups is 1. The molecule has 0 radical (unpaired) electrons. The quantitative estimate of drug-likeness (QED) is 0.0199. The van der Waals surface area contributed by atoms with Crippen molar-refractivity contribution >= 4 is 5.91 Å². The van der Waals surface area contributed by atoms with Crippen LogP contribution in [0.4, 0.5) is 0 Å². The van der Waals surface area contributed by atoms with Crippen LogP contribution in [-0.2, 0) is 33.2 Å². The molecule has 3 rings (SSSR count). The number of rotatable bonds is 71. The highest BCUT2D eigenvalue weighted by molar-refractivity contribution is 5.76. The summed E-state index contributed by atoms with van der Waals surface area (Å²) < 4.78 is 34.5. The van der Waals surface area contributed by atoms with E-state index in [4.69, 9.17) is 28.4 Å². The first-order chi connectivity index (χ1) is 53.3. The van der Waals surface area contributed by atoms with Gasteiger partial charge in [0.1, 0.15) is 73.2 Å². The maximum atomic E-state index is 13.5. The first kappa shape index (κ1) is 100. The van der Waals surface area contributed by atoms with E-state index >= 15 is 0 Å². The maximum Gasteiger partial charge on any atom is 0.220 e. The normalized spacial score (nSPS) is 25.7. The van der Waals surface area contributed by atoms with E-state index in [1.807, 2.05) is 6.08 Å². The zero-order valence-electron chi connectivity index (χ0n) is 68.3. The van der Waals surface area contributed by atoms with Crippen molar-refractivity contribution in [2.75, 3.05) is 26.4 Å². The van der Waals surface area contributed by atoms with Gasteiger partial charge in [-0.3, -0.25) is 4.79 Å². The second-order valence-corrected chi connectivity index (χ2v) is 31.3. The van der Waals surface area contributed by atoms with E-state index in [1.54, 1.807) is 6.08 Å². The predicted molar refractivity (Wildman–Crippen MR) is 438 cm³/mol.